The van der Waals surface area contributed by atoms with Gasteiger partial charge in [0.05, 0.1) is 11.3 Å². The van der Waals surface area contributed by atoms with Crippen molar-refractivity contribution < 1.29 is 4.79 Å². The molecule has 5 nitrogen and oxygen atoms in total. The number of nitrogens with two attached hydrogens (primary N) is 1. The van der Waals surface area contributed by atoms with Crippen molar-refractivity contribution in [3.63, 3.8) is 0 Å². The summed E-state index contributed by atoms with van der Waals surface area (Å²) in [6.45, 7) is 5.19. The van der Waals surface area contributed by atoms with Crippen molar-refractivity contribution in [3.8, 4) is 0 Å². The Kier molecular flexibility index (Phi) is 3.96. The van der Waals surface area contributed by atoms with E-state index in [-0.39, 0.29) is 5.91 Å². The molecule has 114 valence electrons. The molecule has 1 aromatic heterocycles. The standard InChI is InChI=1S/C17H20N4O/c1-13-3-2-4-16(9-13)20-5-7-21(8-6-20)17(22)14-10-15(18)12-19-11-14/h2-4,9-12H,5-8,18H2,1H3. The number of aryl methyl sites for hydroxylation is 1. The lowest BCUT2D eigenvalue weighted by molar-refractivity contribution is 0.0746. The first-order chi connectivity index (χ1) is 10.6. The number of carbonyl (C=O) groups is 1. The van der Waals surface area contributed by atoms with E-state index in [4.69, 9.17) is 5.73 Å². The Labute approximate surface area is 130 Å². The van der Waals surface area contributed by atoms with Gasteiger partial charge < -0.3 is 15.5 Å². The normalized spacial score (nSPS) is 15.0. The third-order valence-corrected chi connectivity index (χ3v) is 3.94. The number of rotatable bonds is 2. The highest BCUT2D eigenvalue weighted by molar-refractivity contribution is 5.94. The van der Waals surface area contributed by atoms with Crippen molar-refractivity contribution in [2.45, 2.75) is 6.92 Å². The zero-order valence-corrected chi connectivity index (χ0v) is 12.7. The van der Waals surface area contributed by atoms with E-state index in [2.05, 4.69) is 41.1 Å². The van der Waals surface area contributed by atoms with E-state index in [0.717, 1.165) is 13.1 Å². The van der Waals surface area contributed by atoms with Gasteiger partial charge in [-0.1, -0.05) is 12.1 Å². The SMILES string of the molecule is Cc1cccc(N2CCN(C(=O)c3cncc(N)c3)CC2)c1. The van der Waals surface area contributed by atoms with Gasteiger partial charge in [0, 0.05) is 44.3 Å². The zero-order valence-electron chi connectivity index (χ0n) is 12.7. The molecule has 1 aliphatic rings. The van der Waals surface area contributed by atoms with Gasteiger partial charge in [-0.05, 0) is 30.7 Å². The summed E-state index contributed by atoms with van der Waals surface area (Å²) in [6, 6.07) is 10.1. The fraction of sp³-hybridized carbons (Fsp3) is 0.294. The number of pyridine rings is 1. The third-order valence-electron chi connectivity index (χ3n) is 3.94. The second-order valence-corrected chi connectivity index (χ2v) is 5.63. The largest absolute Gasteiger partial charge is 0.397 e. The van der Waals surface area contributed by atoms with Gasteiger partial charge in [-0.2, -0.15) is 0 Å². The molecule has 0 saturated carbocycles. The molecular weight excluding hydrogens is 276 g/mol. The molecule has 1 amide bonds. The number of hydrogen-bond acceptors (Lipinski definition) is 4. The highest BCUT2D eigenvalue weighted by Gasteiger charge is 2.22. The Morgan fingerprint density at radius 3 is 2.59 bits per heavy atom. The highest BCUT2D eigenvalue weighted by atomic mass is 16.2. The topological polar surface area (TPSA) is 62.5 Å². The zero-order chi connectivity index (χ0) is 15.5. The number of amides is 1. The first kappa shape index (κ1) is 14.4. The Hall–Kier alpha value is -2.56. The van der Waals surface area contributed by atoms with Gasteiger partial charge in [0.25, 0.3) is 5.91 Å². The quantitative estimate of drug-likeness (QED) is 0.920. The van der Waals surface area contributed by atoms with Gasteiger partial charge in [-0.15, -0.1) is 0 Å². The Morgan fingerprint density at radius 1 is 1.14 bits per heavy atom. The lowest BCUT2D eigenvalue weighted by Gasteiger charge is -2.36. The van der Waals surface area contributed by atoms with Crippen molar-refractivity contribution >= 4 is 17.3 Å². The molecule has 3 rings (SSSR count). The maximum atomic E-state index is 12.5. The maximum absolute atomic E-state index is 12.5. The number of anilines is 2. The molecule has 0 bridgehead atoms. The van der Waals surface area contributed by atoms with Gasteiger partial charge in [0.1, 0.15) is 0 Å². The molecule has 1 saturated heterocycles. The number of aromatic nitrogens is 1. The van der Waals surface area contributed by atoms with Crippen LogP contribution in [0.4, 0.5) is 11.4 Å². The van der Waals surface area contributed by atoms with Crippen molar-refractivity contribution in [2.24, 2.45) is 0 Å². The minimum absolute atomic E-state index is 0.00342. The summed E-state index contributed by atoms with van der Waals surface area (Å²) in [5.41, 5.74) is 9.25. The van der Waals surface area contributed by atoms with E-state index in [1.807, 2.05) is 4.90 Å². The summed E-state index contributed by atoms with van der Waals surface area (Å²) >= 11 is 0. The average molecular weight is 296 g/mol. The van der Waals surface area contributed by atoms with Crippen molar-refractivity contribution in [2.75, 3.05) is 36.8 Å². The molecule has 2 aromatic rings. The smallest absolute Gasteiger partial charge is 0.255 e. The fourth-order valence-corrected chi connectivity index (χ4v) is 2.75. The van der Waals surface area contributed by atoms with Gasteiger partial charge in [0.2, 0.25) is 0 Å². The summed E-state index contributed by atoms with van der Waals surface area (Å²) in [4.78, 5) is 20.6. The number of carbonyl (C=O) groups excluding carboxylic acids is 1. The average Bonchev–Trinajstić information content (AvgIpc) is 2.54. The van der Waals surface area contributed by atoms with Crippen LogP contribution in [0, 0.1) is 6.92 Å². The van der Waals surface area contributed by atoms with E-state index < -0.39 is 0 Å². The van der Waals surface area contributed by atoms with Crippen molar-refractivity contribution in [3.05, 3.63) is 53.9 Å². The third kappa shape index (κ3) is 3.03. The number of nitrogen functional groups attached to an aromatic ring is 1. The Morgan fingerprint density at radius 2 is 1.91 bits per heavy atom. The second-order valence-electron chi connectivity index (χ2n) is 5.63. The van der Waals surface area contributed by atoms with Gasteiger partial charge in [-0.25, -0.2) is 0 Å². The molecule has 2 heterocycles. The number of hydrogen-bond donors (Lipinski definition) is 1. The molecule has 0 radical (unpaired) electrons. The molecular formula is C17H20N4O. The van der Waals surface area contributed by atoms with E-state index >= 15 is 0 Å². The van der Waals surface area contributed by atoms with Crippen LogP contribution in [0.15, 0.2) is 42.7 Å². The molecule has 1 fully saturated rings. The minimum atomic E-state index is 0.00342. The fourth-order valence-electron chi connectivity index (χ4n) is 2.75. The highest BCUT2D eigenvalue weighted by Crippen LogP contribution is 2.18. The number of nitrogens with zero attached hydrogens (tertiary/aromatic N) is 3. The predicted octanol–water partition coefficient (Wildman–Crippen LogP) is 1.93. The molecule has 0 atom stereocenters. The van der Waals surface area contributed by atoms with Crippen LogP contribution < -0.4 is 10.6 Å². The van der Waals surface area contributed by atoms with Crippen LogP contribution >= 0.6 is 0 Å². The number of benzene rings is 1. The molecule has 0 aliphatic carbocycles. The van der Waals surface area contributed by atoms with Crippen LogP contribution in [-0.4, -0.2) is 42.0 Å². The summed E-state index contributed by atoms with van der Waals surface area (Å²) in [5, 5.41) is 0. The Balaban J connectivity index is 1.65. The van der Waals surface area contributed by atoms with E-state index in [0.29, 0.717) is 24.3 Å². The molecule has 1 aliphatic heterocycles. The monoisotopic (exact) mass is 296 g/mol. The minimum Gasteiger partial charge on any atom is -0.397 e. The van der Waals surface area contributed by atoms with Crippen LogP contribution in [-0.2, 0) is 0 Å². The van der Waals surface area contributed by atoms with Crippen molar-refractivity contribution in [1.29, 1.82) is 0 Å². The molecule has 2 N–H and O–H groups in total. The maximum Gasteiger partial charge on any atom is 0.255 e. The van der Waals surface area contributed by atoms with Crippen molar-refractivity contribution in [1.82, 2.24) is 9.88 Å². The second kappa shape index (κ2) is 6.05. The van der Waals surface area contributed by atoms with Gasteiger partial charge in [0.15, 0.2) is 0 Å². The van der Waals surface area contributed by atoms with Gasteiger partial charge >= 0.3 is 0 Å². The first-order valence-electron chi connectivity index (χ1n) is 7.45. The summed E-state index contributed by atoms with van der Waals surface area (Å²) in [7, 11) is 0. The molecule has 0 unspecified atom stereocenters. The van der Waals surface area contributed by atoms with Crippen LogP contribution in [0.25, 0.3) is 0 Å². The molecule has 0 spiro atoms. The lowest BCUT2D eigenvalue weighted by atomic mass is 10.1. The summed E-state index contributed by atoms with van der Waals surface area (Å²) < 4.78 is 0. The van der Waals surface area contributed by atoms with Crippen LogP contribution in [0.5, 0.6) is 0 Å². The Bertz CT molecular complexity index is 678. The van der Waals surface area contributed by atoms with E-state index in [9.17, 15) is 4.79 Å². The van der Waals surface area contributed by atoms with E-state index in [1.165, 1.54) is 11.3 Å². The molecule has 5 heteroatoms. The predicted molar refractivity (Wildman–Crippen MR) is 87.9 cm³/mol. The molecule has 1 aromatic carbocycles. The van der Waals surface area contributed by atoms with Crippen LogP contribution in [0.3, 0.4) is 0 Å². The van der Waals surface area contributed by atoms with Gasteiger partial charge in [-0.3, -0.25) is 9.78 Å². The van der Waals surface area contributed by atoms with E-state index in [1.54, 1.807) is 18.5 Å². The van der Waals surface area contributed by atoms with Crippen LogP contribution in [0.1, 0.15) is 15.9 Å². The summed E-state index contributed by atoms with van der Waals surface area (Å²) in [5.74, 6) is 0.00342. The number of piperazine rings is 1. The lowest BCUT2D eigenvalue weighted by Crippen LogP contribution is -2.48. The first-order valence-corrected chi connectivity index (χ1v) is 7.45. The summed E-state index contributed by atoms with van der Waals surface area (Å²) in [6.07, 6.45) is 3.12. The molecule has 22 heavy (non-hydrogen) atoms. The van der Waals surface area contributed by atoms with Crippen LogP contribution in [0.2, 0.25) is 0 Å².